The Balaban J connectivity index is 1.86. The highest BCUT2D eigenvalue weighted by Crippen LogP contribution is 2.69. The van der Waals surface area contributed by atoms with Crippen molar-refractivity contribution < 1.29 is 9.53 Å². The van der Waals surface area contributed by atoms with E-state index in [0.29, 0.717) is 16.3 Å². The zero-order valence-corrected chi connectivity index (χ0v) is 15.6. The molecule has 2 nitrogen and oxygen atoms in total. The van der Waals surface area contributed by atoms with Gasteiger partial charge in [-0.1, -0.05) is 70.8 Å². The molecule has 3 rings (SSSR count). The maximum absolute atomic E-state index is 12.4. The van der Waals surface area contributed by atoms with Crippen LogP contribution in [0, 0.1) is 16.7 Å². The van der Waals surface area contributed by atoms with Gasteiger partial charge in [0.25, 0.3) is 0 Å². The van der Waals surface area contributed by atoms with E-state index in [2.05, 4.69) is 52.6 Å². The molecule has 0 N–H and O–H groups in total. The summed E-state index contributed by atoms with van der Waals surface area (Å²) in [5, 5.41) is 0. The number of hydrogen-bond acceptors (Lipinski definition) is 2. The highest BCUT2D eigenvalue weighted by molar-refractivity contribution is 9.10. The van der Waals surface area contributed by atoms with Crippen LogP contribution in [0.4, 0.5) is 0 Å². The molecule has 5 unspecified atom stereocenters. The molecule has 2 fully saturated rings. The van der Waals surface area contributed by atoms with Gasteiger partial charge in [-0.3, -0.25) is 0 Å². The van der Waals surface area contributed by atoms with E-state index in [1.54, 1.807) is 12.1 Å². The van der Waals surface area contributed by atoms with Gasteiger partial charge in [0, 0.05) is 10.2 Å². The SMILES string of the molecule is CC1(C)C2C(Br)CC1(C)C(OC(=O)c1ccccc1)C2Br. The molecular formula is C17H20Br2O2. The molecule has 2 saturated carbocycles. The third-order valence-electron chi connectivity index (χ3n) is 5.82. The highest BCUT2D eigenvalue weighted by atomic mass is 79.9. The van der Waals surface area contributed by atoms with Gasteiger partial charge in [0.15, 0.2) is 0 Å². The lowest BCUT2D eigenvalue weighted by molar-refractivity contribution is -0.0217. The first-order valence-corrected chi connectivity index (χ1v) is 9.16. The van der Waals surface area contributed by atoms with E-state index in [-0.39, 0.29) is 27.7 Å². The molecular weight excluding hydrogens is 396 g/mol. The van der Waals surface area contributed by atoms with Crippen LogP contribution in [0.5, 0.6) is 0 Å². The van der Waals surface area contributed by atoms with Crippen molar-refractivity contribution >= 4 is 37.8 Å². The Bertz CT molecular complexity index is 557. The quantitative estimate of drug-likeness (QED) is 0.512. The fraction of sp³-hybridized carbons (Fsp3) is 0.588. The Morgan fingerprint density at radius 2 is 1.81 bits per heavy atom. The molecule has 0 aliphatic heterocycles. The molecule has 4 heteroatoms. The van der Waals surface area contributed by atoms with Crippen molar-refractivity contribution in [1.82, 2.24) is 0 Å². The molecule has 114 valence electrons. The van der Waals surface area contributed by atoms with Gasteiger partial charge in [0.1, 0.15) is 6.10 Å². The second-order valence-corrected chi connectivity index (χ2v) is 9.25. The zero-order valence-electron chi connectivity index (χ0n) is 12.5. The van der Waals surface area contributed by atoms with Crippen LogP contribution in [-0.2, 0) is 4.74 Å². The second-order valence-electron chi connectivity index (χ2n) is 7.02. The fourth-order valence-corrected chi connectivity index (χ4v) is 7.99. The number of ether oxygens (including phenoxy) is 1. The first kappa shape index (κ1) is 15.5. The number of benzene rings is 1. The van der Waals surface area contributed by atoms with E-state index >= 15 is 0 Å². The molecule has 1 aromatic rings. The number of fused-ring (bicyclic) bond motifs is 2. The van der Waals surface area contributed by atoms with Crippen molar-refractivity contribution in [2.24, 2.45) is 16.7 Å². The average molecular weight is 416 g/mol. The third kappa shape index (κ3) is 2.13. The molecule has 2 bridgehead atoms. The smallest absolute Gasteiger partial charge is 0.338 e. The predicted molar refractivity (Wildman–Crippen MR) is 91.1 cm³/mol. The molecule has 1 aromatic carbocycles. The van der Waals surface area contributed by atoms with Crippen molar-refractivity contribution in [2.75, 3.05) is 0 Å². The molecule has 0 amide bonds. The molecule has 21 heavy (non-hydrogen) atoms. The Morgan fingerprint density at radius 1 is 1.19 bits per heavy atom. The minimum Gasteiger partial charge on any atom is -0.457 e. The van der Waals surface area contributed by atoms with Gasteiger partial charge < -0.3 is 4.74 Å². The number of carbonyl (C=O) groups excluding carboxylic acids is 1. The van der Waals surface area contributed by atoms with E-state index in [9.17, 15) is 4.79 Å². The van der Waals surface area contributed by atoms with Crippen molar-refractivity contribution in [2.45, 2.75) is 43.0 Å². The predicted octanol–water partition coefficient (Wildman–Crippen LogP) is 4.81. The number of halogens is 2. The topological polar surface area (TPSA) is 26.3 Å². The molecule has 5 atom stereocenters. The van der Waals surface area contributed by atoms with Crippen molar-refractivity contribution in [3.05, 3.63) is 35.9 Å². The molecule has 2 aliphatic carbocycles. The third-order valence-corrected chi connectivity index (χ3v) is 7.76. The van der Waals surface area contributed by atoms with E-state index < -0.39 is 0 Å². The normalized spacial score (nSPS) is 40.2. The summed E-state index contributed by atoms with van der Waals surface area (Å²) < 4.78 is 5.92. The summed E-state index contributed by atoms with van der Waals surface area (Å²) in [6.45, 7) is 6.85. The molecule has 0 aromatic heterocycles. The number of carbonyl (C=O) groups is 1. The van der Waals surface area contributed by atoms with Crippen LogP contribution in [0.25, 0.3) is 0 Å². The van der Waals surface area contributed by atoms with Crippen molar-refractivity contribution in [3.63, 3.8) is 0 Å². The van der Waals surface area contributed by atoms with Crippen molar-refractivity contribution in [1.29, 1.82) is 0 Å². The van der Waals surface area contributed by atoms with Crippen molar-refractivity contribution in [3.8, 4) is 0 Å². The van der Waals surface area contributed by atoms with Crippen LogP contribution >= 0.6 is 31.9 Å². The minimum atomic E-state index is -0.222. The summed E-state index contributed by atoms with van der Waals surface area (Å²) in [5.74, 6) is 0.247. The van der Waals surface area contributed by atoms with Gasteiger partial charge in [-0.2, -0.15) is 0 Å². The van der Waals surface area contributed by atoms with Gasteiger partial charge in [-0.05, 0) is 29.9 Å². The van der Waals surface area contributed by atoms with Gasteiger partial charge in [-0.15, -0.1) is 0 Å². The largest absolute Gasteiger partial charge is 0.457 e. The van der Waals surface area contributed by atoms with Crippen LogP contribution in [0.15, 0.2) is 30.3 Å². The van der Waals surface area contributed by atoms with Gasteiger partial charge in [0.2, 0.25) is 0 Å². The summed E-state index contributed by atoms with van der Waals surface area (Å²) in [4.78, 5) is 13.1. The molecule has 0 radical (unpaired) electrons. The summed E-state index contributed by atoms with van der Waals surface area (Å²) in [6, 6.07) is 9.24. The lowest BCUT2D eigenvalue weighted by Crippen LogP contribution is -2.43. The van der Waals surface area contributed by atoms with E-state index in [0.717, 1.165) is 6.42 Å². The highest BCUT2D eigenvalue weighted by Gasteiger charge is 2.70. The van der Waals surface area contributed by atoms with Crippen LogP contribution < -0.4 is 0 Å². The number of hydrogen-bond donors (Lipinski definition) is 0. The first-order chi connectivity index (χ1) is 9.79. The van der Waals surface area contributed by atoms with Gasteiger partial charge in [-0.25, -0.2) is 4.79 Å². The fourth-order valence-electron chi connectivity index (χ4n) is 4.20. The number of rotatable bonds is 2. The summed E-state index contributed by atoms with van der Waals surface area (Å²) in [6.07, 6.45) is 0.957. The Kier molecular flexibility index (Phi) is 3.77. The minimum absolute atomic E-state index is 0.00948. The molecule has 0 heterocycles. The number of esters is 1. The Morgan fingerprint density at radius 3 is 2.33 bits per heavy atom. The average Bonchev–Trinajstić information content (AvgIpc) is 2.69. The maximum atomic E-state index is 12.4. The van der Waals surface area contributed by atoms with Crippen LogP contribution in [0.3, 0.4) is 0 Å². The van der Waals surface area contributed by atoms with Crippen LogP contribution in [-0.4, -0.2) is 21.7 Å². The second kappa shape index (κ2) is 5.09. The summed E-state index contributed by atoms with van der Waals surface area (Å²) in [7, 11) is 0. The molecule has 0 spiro atoms. The molecule has 0 saturated heterocycles. The monoisotopic (exact) mass is 414 g/mol. The van der Waals surface area contributed by atoms with Gasteiger partial charge >= 0.3 is 5.97 Å². The standard InChI is InChI=1S/C17H20Br2O2/c1-16(2)12-11(18)9-17(16,3)14(13(12)19)21-15(20)10-7-5-4-6-8-10/h4-8,11-14H,9H2,1-3H3. The van der Waals surface area contributed by atoms with E-state index in [4.69, 9.17) is 4.74 Å². The Labute approximate surface area is 142 Å². The molecule has 2 aliphatic rings. The lowest BCUT2D eigenvalue weighted by Gasteiger charge is -2.39. The zero-order chi connectivity index (χ0) is 15.4. The van der Waals surface area contributed by atoms with E-state index in [1.807, 2.05) is 18.2 Å². The van der Waals surface area contributed by atoms with Crippen LogP contribution in [0.2, 0.25) is 0 Å². The van der Waals surface area contributed by atoms with E-state index in [1.165, 1.54) is 0 Å². The van der Waals surface area contributed by atoms with Gasteiger partial charge in [0.05, 0.1) is 10.4 Å². The summed E-state index contributed by atoms with van der Waals surface area (Å²) in [5.41, 5.74) is 0.748. The first-order valence-electron chi connectivity index (χ1n) is 7.33. The summed E-state index contributed by atoms with van der Waals surface area (Å²) >= 11 is 7.62. The lowest BCUT2D eigenvalue weighted by atomic mass is 9.70. The number of alkyl halides is 2. The Hall–Kier alpha value is -0.350. The van der Waals surface area contributed by atoms with Crippen LogP contribution in [0.1, 0.15) is 37.6 Å². The maximum Gasteiger partial charge on any atom is 0.338 e.